The first-order valence-corrected chi connectivity index (χ1v) is 8.55. The van der Waals surface area contributed by atoms with Crippen LogP contribution in [0.15, 0.2) is 60.8 Å². The fourth-order valence-electron chi connectivity index (χ4n) is 2.45. The van der Waals surface area contributed by atoms with Gasteiger partial charge in [-0.15, -0.1) is 5.10 Å². The van der Waals surface area contributed by atoms with Gasteiger partial charge < -0.3 is 10.2 Å². The largest absolute Gasteiger partial charge is 0.347 e. The number of hydrogen-bond acceptors (Lipinski definition) is 5. The highest BCUT2D eigenvalue weighted by Crippen LogP contribution is 2.15. The first-order chi connectivity index (χ1) is 13.4. The van der Waals surface area contributed by atoms with E-state index in [9.17, 15) is 14.4 Å². The fourth-order valence-corrected chi connectivity index (χ4v) is 2.45. The third-order valence-electron chi connectivity index (χ3n) is 3.99. The van der Waals surface area contributed by atoms with Crippen LogP contribution in [0, 0.1) is 0 Å². The Morgan fingerprint density at radius 2 is 1.71 bits per heavy atom. The molecule has 0 fully saturated rings. The Morgan fingerprint density at radius 3 is 2.43 bits per heavy atom. The van der Waals surface area contributed by atoms with Crippen molar-refractivity contribution in [3.05, 3.63) is 77.6 Å². The van der Waals surface area contributed by atoms with Crippen LogP contribution in [0.5, 0.6) is 0 Å². The number of likely N-dealkylation sites (N-methyl/N-ethyl adjacent to an activating group) is 1. The van der Waals surface area contributed by atoms with Crippen LogP contribution in [0.2, 0.25) is 0 Å². The van der Waals surface area contributed by atoms with Crippen LogP contribution in [-0.2, 0) is 11.3 Å². The summed E-state index contributed by atoms with van der Waals surface area (Å²) in [5.74, 6) is -0.776. The molecular weight excluding hydrogens is 358 g/mol. The molecule has 3 rings (SSSR count). The summed E-state index contributed by atoms with van der Waals surface area (Å²) < 4.78 is 1.30. The molecule has 3 aromatic rings. The lowest BCUT2D eigenvalue weighted by Crippen LogP contribution is -2.26. The maximum absolute atomic E-state index is 12.5. The molecule has 1 N–H and O–H groups in total. The molecule has 0 aliphatic carbocycles. The highest BCUT2D eigenvalue weighted by Gasteiger charge is 2.15. The summed E-state index contributed by atoms with van der Waals surface area (Å²) in [6.45, 7) is -0.00561. The van der Waals surface area contributed by atoms with E-state index in [1.807, 2.05) is 6.07 Å². The van der Waals surface area contributed by atoms with Gasteiger partial charge in [-0.2, -0.15) is 0 Å². The van der Waals surface area contributed by atoms with Crippen LogP contribution in [0.25, 0.3) is 0 Å². The number of carbonyl (C=O) groups excluding carboxylic acids is 3. The Labute approximate surface area is 161 Å². The summed E-state index contributed by atoms with van der Waals surface area (Å²) in [7, 11) is 3.27. The first kappa shape index (κ1) is 19.0. The standard InChI is InChI=1S/C20H19N5O3/c1-24(2)18(26)13-25-12-17(22-23-25)20(28)21-16-10-6-9-15(11-16)19(27)14-7-4-3-5-8-14/h3-12H,13H2,1-2H3,(H,21,28). The SMILES string of the molecule is CN(C)C(=O)Cn1cc(C(=O)Nc2cccc(C(=O)c3ccccc3)c2)nn1. The quantitative estimate of drug-likeness (QED) is 0.661. The van der Waals surface area contributed by atoms with Gasteiger partial charge in [0.05, 0.1) is 6.20 Å². The van der Waals surface area contributed by atoms with Crippen molar-refractivity contribution in [1.29, 1.82) is 0 Å². The van der Waals surface area contributed by atoms with Crippen molar-refractivity contribution in [3.8, 4) is 0 Å². The number of ketones is 1. The summed E-state index contributed by atoms with van der Waals surface area (Å²) in [5.41, 5.74) is 1.57. The average molecular weight is 377 g/mol. The van der Waals surface area contributed by atoms with Crippen molar-refractivity contribution in [1.82, 2.24) is 19.9 Å². The highest BCUT2D eigenvalue weighted by atomic mass is 16.2. The Balaban J connectivity index is 1.70. The normalized spacial score (nSPS) is 10.4. The molecule has 8 nitrogen and oxygen atoms in total. The van der Waals surface area contributed by atoms with E-state index in [4.69, 9.17) is 0 Å². The number of aromatic nitrogens is 3. The molecule has 0 aliphatic rings. The molecule has 0 unspecified atom stereocenters. The van der Waals surface area contributed by atoms with Gasteiger partial charge in [0.2, 0.25) is 5.91 Å². The van der Waals surface area contributed by atoms with Crippen molar-refractivity contribution in [2.75, 3.05) is 19.4 Å². The number of anilines is 1. The smallest absolute Gasteiger partial charge is 0.277 e. The van der Waals surface area contributed by atoms with Gasteiger partial charge in [-0.3, -0.25) is 14.4 Å². The average Bonchev–Trinajstić information content (AvgIpc) is 3.17. The van der Waals surface area contributed by atoms with Crippen LogP contribution in [0.1, 0.15) is 26.4 Å². The summed E-state index contributed by atoms with van der Waals surface area (Å²) >= 11 is 0. The molecule has 2 aromatic carbocycles. The number of nitrogens with zero attached hydrogens (tertiary/aromatic N) is 4. The highest BCUT2D eigenvalue weighted by molar-refractivity contribution is 6.10. The van der Waals surface area contributed by atoms with Crippen molar-refractivity contribution in [2.24, 2.45) is 0 Å². The molecule has 0 spiro atoms. The zero-order valence-corrected chi connectivity index (χ0v) is 15.5. The third kappa shape index (κ3) is 4.47. The Hall–Kier alpha value is -3.81. The van der Waals surface area contributed by atoms with Gasteiger partial charge in [0.15, 0.2) is 11.5 Å². The molecule has 0 atom stereocenters. The fraction of sp³-hybridized carbons (Fsp3) is 0.150. The zero-order valence-electron chi connectivity index (χ0n) is 15.5. The van der Waals surface area contributed by atoms with Gasteiger partial charge in [-0.1, -0.05) is 47.7 Å². The Morgan fingerprint density at radius 1 is 1.00 bits per heavy atom. The molecular formula is C20H19N5O3. The van der Waals surface area contributed by atoms with E-state index in [0.29, 0.717) is 16.8 Å². The van der Waals surface area contributed by atoms with Gasteiger partial charge in [0.1, 0.15) is 6.54 Å². The zero-order chi connectivity index (χ0) is 20.1. The summed E-state index contributed by atoms with van der Waals surface area (Å²) in [5, 5.41) is 10.3. The van der Waals surface area contributed by atoms with Crippen LogP contribution >= 0.6 is 0 Å². The maximum atomic E-state index is 12.5. The maximum Gasteiger partial charge on any atom is 0.277 e. The van der Waals surface area contributed by atoms with E-state index in [1.165, 1.54) is 15.8 Å². The van der Waals surface area contributed by atoms with E-state index in [0.717, 1.165) is 0 Å². The summed E-state index contributed by atoms with van der Waals surface area (Å²) in [6, 6.07) is 15.6. The second-order valence-corrected chi connectivity index (χ2v) is 6.32. The van der Waals surface area contributed by atoms with E-state index < -0.39 is 5.91 Å². The summed E-state index contributed by atoms with van der Waals surface area (Å²) in [4.78, 5) is 38.1. The first-order valence-electron chi connectivity index (χ1n) is 8.55. The Kier molecular flexibility index (Phi) is 5.59. The second-order valence-electron chi connectivity index (χ2n) is 6.32. The van der Waals surface area contributed by atoms with Crippen molar-refractivity contribution in [3.63, 3.8) is 0 Å². The van der Waals surface area contributed by atoms with Crippen LogP contribution < -0.4 is 5.32 Å². The van der Waals surface area contributed by atoms with Crippen LogP contribution in [-0.4, -0.2) is 51.6 Å². The van der Waals surface area contributed by atoms with E-state index in [2.05, 4.69) is 15.6 Å². The lowest BCUT2D eigenvalue weighted by Gasteiger charge is -2.08. The lowest BCUT2D eigenvalue weighted by molar-refractivity contribution is -0.129. The van der Waals surface area contributed by atoms with E-state index >= 15 is 0 Å². The molecule has 8 heteroatoms. The lowest BCUT2D eigenvalue weighted by atomic mass is 10.0. The minimum Gasteiger partial charge on any atom is -0.347 e. The molecule has 0 saturated heterocycles. The van der Waals surface area contributed by atoms with Gasteiger partial charge in [-0.05, 0) is 12.1 Å². The molecule has 0 bridgehead atoms. The molecule has 1 aromatic heterocycles. The molecule has 0 saturated carbocycles. The number of amides is 2. The van der Waals surface area contributed by atoms with Gasteiger partial charge in [-0.25, -0.2) is 4.68 Å². The molecule has 1 heterocycles. The minimum atomic E-state index is -0.479. The molecule has 2 amide bonds. The summed E-state index contributed by atoms with van der Waals surface area (Å²) in [6.07, 6.45) is 1.40. The predicted molar refractivity (Wildman–Crippen MR) is 103 cm³/mol. The molecule has 142 valence electrons. The second kappa shape index (κ2) is 8.26. The molecule has 0 aliphatic heterocycles. The number of benzene rings is 2. The molecule has 28 heavy (non-hydrogen) atoms. The monoisotopic (exact) mass is 377 g/mol. The third-order valence-corrected chi connectivity index (χ3v) is 3.99. The van der Waals surface area contributed by atoms with Crippen LogP contribution in [0.4, 0.5) is 5.69 Å². The number of nitrogens with one attached hydrogen (secondary N) is 1. The van der Waals surface area contributed by atoms with Crippen LogP contribution in [0.3, 0.4) is 0 Å². The minimum absolute atomic E-state index is 0.00561. The van der Waals surface area contributed by atoms with E-state index in [1.54, 1.807) is 62.6 Å². The topological polar surface area (TPSA) is 97.2 Å². The van der Waals surface area contributed by atoms with Gasteiger partial charge in [0, 0.05) is 30.9 Å². The number of carbonyl (C=O) groups is 3. The van der Waals surface area contributed by atoms with Crippen molar-refractivity contribution < 1.29 is 14.4 Å². The molecule has 0 radical (unpaired) electrons. The predicted octanol–water partition coefficient (Wildman–Crippen LogP) is 1.85. The number of hydrogen-bond donors (Lipinski definition) is 1. The van der Waals surface area contributed by atoms with Crippen molar-refractivity contribution >= 4 is 23.3 Å². The van der Waals surface area contributed by atoms with Gasteiger partial charge >= 0.3 is 0 Å². The van der Waals surface area contributed by atoms with Crippen molar-refractivity contribution in [2.45, 2.75) is 6.54 Å². The number of rotatable bonds is 6. The Bertz CT molecular complexity index is 1010. The van der Waals surface area contributed by atoms with Gasteiger partial charge in [0.25, 0.3) is 5.91 Å². The van der Waals surface area contributed by atoms with E-state index in [-0.39, 0.29) is 23.9 Å².